The molecule has 0 aromatic heterocycles. The SMILES string of the molecule is COC(=O)[C@H](CO)NC(=O)[C@H](CCCCN(C)C1CC2CCC1C2)NC(=O)[C@H](CC(C)C)NC(=O)[C@H](C)NC(=O)[C@H](Cc1ccccc1)NC(=O)c1ccc(C(C)(C)C)cc1.O=C(O)C(F)(F)F. The van der Waals surface area contributed by atoms with Crippen molar-refractivity contribution < 1.29 is 61.7 Å². The van der Waals surface area contributed by atoms with E-state index in [0.717, 1.165) is 43.0 Å². The predicted molar refractivity (Wildman–Crippen MR) is 248 cm³/mol. The molecule has 0 radical (unpaired) electrons. The van der Waals surface area contributed by atoms with Gasteiger partial charge in [-0.15, -0.1) is 0 Å². The lowest BCUT2D eigenvalue weighted by Gasteiger charge is -2.31. The number of halogens is 3. The summed E-state index contributed by atoms with van der Waals surface area (Å²) in [5, 5.41) is 30.6. The van der Waals surface area contributed by atoms with E-state index in [1.54, 1.807) is 12.1 Å². The fourth-order valence-electron chi connectivity index (χ4n) is 8.56. The molecule has 2 aromatic carbocycles. The maximum Gasteiger partial charge on any atom is 0.490 e. The Kier molecular flexibility index (Phi) is 21.9. The van der Waals surface area contributed by atoms with Crippen molar-refractivity contribution >= 4 is 41.5 Å². The van der Waals surface area contributed by atoms with Crippen molar-refractivity contribution in [2.45, 2.75) is 147 Å². The quantitative estimate of drug-likeness (QED) is 0.0645. The molecule has 0 saturated heterocycles. The van der Waals surface area contributed by atoms with Crippen LogP contribution in [0.15, 0.2) is 54.6 Å². The monoisotopic (exact) mass is 961 g/mol. The Morgan fingerprint density at radius 1 is 0.750 bits per heavy atom. The fourth-order valence-corrected chi connectivity index (χ4v) is 8.56. The molecule has 7 N–H and O–H groups in total. The first-order chi connectivity index (χ1) is 31.8. The smallest absolute Gasteiger partial charge is 0.475 e. The van der Waals surface area contributed by atoms with Gasteiger partial charge >= 0.3 is 18.1 Å². The van der Waals surface area contributed by atoms with Gasteiger partial charge in [0.1, 0.15) is 24.2 Å². The number of aliphatic hydroxyl groups excluding tert-OH is 1. The molecule has 2 saturated carbocycles. The van der Waals surface area contributed by atoms with Crippen LogP contribution in [0.5, 0.6) is 0 Å². The van der Waals surface area contributed by atoms with E-state index >= 15 is 0 Å². The fraction of sp³-hybridized carbons (Fsp3) is 0.612. The molecule has 16 nitrogen and oxygen atoms in total. The third kappa shape index (κ3) is 18.2. The predicted octanol–water partition coefficient (Wildman–Crippen LogP) is 4.42. The van der Waals surface area contributed by atoms with Gasteiger partial charge in [0.05, 0.1) is 13.7 Å². The van der Waals surface area contributed by atoms with Crippen LogP contribution in [-0.4, -0.2) is 126 Å². The number of amides is 5. The molecule has 2 aliphatic carbocycles. The molecule has 2 aliphatic rings. The molecular weight excluding hydrogens is 890 g/mol. The average molecular weight is 961 g/mol. The van der Waals surface area contributed by atoms with E-state index in [1.165, 1.54) is 32.6 Å². The maximum atomic E-state index is 14.0. The number of alkyl halides is 3. The first-order valence-corrected chi connectivity index (χ1v) is 23.2. The number of methoxy groups -OCH3 is 1. The Balaban J connectivity index is 0.00000162. The highest BCUT2D eigenvalue weighted by Crippen LogP contribution is 2.46. The Bertz CT molecular complexity index is 2000. The number of hydrogen-bond acceptors (Lipinski definition) is 10. The highest BCUT2D eigenvalue weighted by atomic mass is 19.4. The molecule has 3 unspecified atom stereocenters. The minimum atomic E-state index is -5.08. The van der Waals surface area contributed by atoms with Crippen LogP contribution in [0.1, 0.15) is 114 Å². The van der Waals surface area contributed by atoms with Gasteiger partial charge in [-0.25, -0.2) is 9.59 Å². The number of carboxylic acids is 1. The standard InChI is InChI=1S/C47H70N6O8.C2HF3O2/c1-29(2)24-37(45(59)49-36(43(57)52-39(28-54)46(60)61-8)16-12-13-23-53(7)40-27-32-17-18-34(40)25-32)50-41(55)30(3)48-44(58)38(26-31-14-10-9-11-15-31)51-42(56)33-19-21-35(22-20-33)47(4,5)6;3-2(4,5)1(6)7/h9-11,14-15,19-22,29-30,32,34,36-40,54H,12-13,16-18,23-28H2,1-8H3,(H,48,58)(H,49,59)(H,50,55)(H,51,56)(H,52,57);(H,6,7)/t30-,32?,34?,36-,37-,38-,39-,40?;/m0./s1. The van der Waals surface area contributed by atoms with Crippen LogP contribution in [0, 0.1) is 17.8 Å². The first-order valence-electron chi connectivity index (χ1n) is 23.2. The Hall–Kier alpha value is -5.56. The summed E-state index contributed by atoms with van der Waals surface area (Å²) in [6.07, 6.45) is 2.06. The number of aliphatic carboxylic acids is 1. The van der Waals surface area contributed by atoms with Crippen molar-refractivity contribution in [1.29, 1.82) is 0 Å². The molecule has 2 bridgehead atoms. The maximum absolute atomic E-state index is 14.0. The van der Waals surface area contributed by atoms with Crippen LogP contribution in [0.3, 0.4) is 0 Å². The number of ether oxygens (including phenoxy) is 1. The van der Waals surface area contributed by atoms with E-state index in [0.29, 0.717) is 18.0 Å². The van der Waals surface area contributed by atoms with Crippen LogP contribution in [0.25, 0.3) is 0 Å². The highest BCUT2D eigenvalue weighted by Gasteiger charge is 2.41. The van der Waals surface area contributed by atoms with Crippen molar-refractivity contribution in [3.05, 3.63) is 71.3 Å². The molecule has 378 valence electrons. The van der Waals surface area contributed by atoms with Crippen LogP contribution >= 0.6 is 0 Å². The van der Waals surface area contributed by atoms with Crippen LogP contribution in [0.4, 0.5) is 13.2 Å². The van der Waals surface area contributed by atoms with Crippen LogP contribution in [0.2, 0.25) is 0 Å². The number of carbonyl (C=O) groups excluding carboxylic acids is 6. The highest BCUT2D eigenvalue weighted by molar-refractivity contribution is 5.99. The number of esters is 1. The van der Waals surface area contributed by atoms with Gasteiger partial charge in [0, 0.05) is 18.0 Å². The van der Waals surface area contributed by atoms with E-state index in [2.05, 4.69) is 59.3 Å². The largest absolute Gasteiger partial charge is 0.490 e. The van der Waals surface area contributed by atoms with Crippen molar-refractivity contribution in [3.8, 4) is 0 Å². The van der Waals surface area contributed by atoms with Gasteiger partial charge in [-0.05, 0) is 112 Å². The molecule has 19 heteroatoms. The lowest BCUT2D eigenvalue weighted by molar-refractivity contribution is -0.192. The average Bonchev–Trinajstić information content (AvgIpc) is 3.93. The van der Waals surface area contributed by atoms with E-state index in [4.69, 9.17) is 14.6 Å². The lowest BCUT2D eigenvalue weighted by Crippen LogP contribution is -2.59. The van der Waals surface area contributed by atoms with Crippen molar-refractivity contribution in [2.24, 2.45) is 17.8 Å². The zero-order chi connectivity index (χ0) is 50.9. The number of nitrogens with zero attached hydrogens (tertiary/aromatic N) is 1. The third-order valence-corrected chi connectivity index (χ3v) is 12.4. The molecule has 5 amide bonds. The van der Waals surface area contributed by atoms with E-state index in [-0.39, 0.29) is 30.6 Å². The second-order valence-corrected chi connectivity index (χ2v) is 19.3. The molecule has 2 fully saturated rings. The molecule has 0 spiro atoms. The summed E-state index contributed by atoms with van der Waals surface area (Å²) in [6, 6.07) is 11.4. The number of fused-ring (bicyclic) bond motifs is 2. The molecule has 0 heterocycles. The summed E-state index contributed by atoms with van der Waals surface area (Å²) in [6.45, 7) is 11.7. The van der Waals surface area contributed by atoms with Gasteiger partial charge in [0.25, 0.3) is 5.91 Å². The first kappa shape index (κ1) is 56.8. The summed E-state index contributed by atoms with van der Waals surface area (Å²) in [4.78, 5) is 92.0. The minimum Gasteiger partial charge on any atom is -0.475 e. The summed E-state index contributed by atoms with van der Waals surface area (Å²) in [5.74, 6) is -4.99. The number of unbranched alkanes of at least 4 members (excludes halogenated alkanes) is 1. The van der Waals surface area contributed by atoms with E-state index in [1.807, 2.05) is 56.3 Å². The number of rotatable bonds is 22. The van der Waals surface area contributed by atoms with Gasteiger partial charge in [-0.1, -0.05) is 83.5 Å². The van der Waals surface area contributed by atoms with Gasteiger partial charge in [0.2, 0.25) is 23.6 Å². The van der Waals surface area contributed by atoms with Gasteiger partial charge in [0.15, 0.2) is 6.04 Å². The Labute approximate surface area is 397 Å². The van der Waals surface area contributed by atoms with Gasteiger partial charge < -0.3 is 46.4 Å². The van der Waals surface area contributed by atoms with Crippen LogP contribution < -0.4 is 26.6 Å². The topological polar surface area (TPSA) is 233 Å². The summed E-state index contributed by atoms with van der Waals surface area (Å²) in [7, 11) is 3.30. The van der Waals surface area contributed by atoms with Gasteiger partial charge in [-0.3, -0.25) is 24.0 Å². The summed E-state index contributed by atoms with van der Waals surface area (Å²) in [5.41, 5.74) is 2.15. The third-order valence-electron chi connectivity index (χ3n) is 12.4. The summed E-state index contributed by atoms with van der Waals surface area (Å²) < 4.78 is 36.5. The zero-order valence-corrected chi connectivity index (χ0v) is 40.4. The van der Waals surface area contributed by atoms with Gasteiger partial charge in [-0.2, -0.15) is 13.2 Å². The van der Waals surface area contributed by atoms with Crippen molar-refractivity contribution in [2.75, 3.05) is 27.3 Å². The minimum absolute atomic E-state index is 0.0457. The normalized spacial score (nSPS) is 18.8. The number of hydrogen-bond donors (Lipinski definition) is 7. The van der Waals surface area contributed by atoms with E-state index < -0.39 is 84.5 Å². The van der Waals surface area contributed by atoms with Crippen molar-refractivity contribution in [3.63, 3.8) is 0 Å². The molecule has 0 aliphatic heterocycles. The number of benzene rings is 2. The molecule has 68 heavy (non-hydrogen) atoms. The molecule has 2 aromatic rings. The Morgan fingerprint density at radius 2 is 1.32 bits per heavy atom. The number of carbonyl (C=O) groups is 7. The molecular formula is C49H71F3N6O10. The lowest BCUT2D eigenvalue weighted by atomic mass is 9.86. The number of aliphatic hydroxyl groups is 1. The Morgan fingerprint density at radius 3 is 1.84 bits per heavy atom. The summed E-state index contributed by atoms with van der Waals surface area (Å²) >= 11 is 0. The number of carboxylic acid groups (broad SMARTS) is 1. The molecule has 8 atom stereocenters. The second-order valence-electron chi connectivity index (χ2n) is 19.3. The van der Waals surface area contributed by atoms with E-state index in [9.17, 15) is 47.0 Å². The van der Waals surface area contributed by atoms with Crippen LogP contribution in [-0.2, 0) is 45.3 Å². The molecule has 4 rings (SSSR count). The number of nitrogens with one attached hydrogen (secondary N) is 5. The zero-order valence-electron chi connectivity index (χ0n) is 40.4. The van der Waals surface area contributed by atoms with Crippen molar-refractivity contribution in [1.82, 2.24) is 31.5 Å². The second kappa shape index (κ2) is 26.3.